The maximum absolute atomic E-state index is 11.4. The Morgan fingerprint density at radius 2 is 1.94 bits per heavy atom. The van der Waals surface area contributed by atoms with Gasteiger partial charge in [0.2, 0.25) is 5.91 Å². The van der Waals surface area contributed by atoms with Crippen LogP contribution in [0.4, 0.5) is 0 Å². The van der Waals surface area contributed by atoms with E-state index >= 15 is 0 Å². The average Bonchev–Trinajstić information content (AvgIpc) is 2.08. The molecule has 0 radical (unpaired) electrons. The van der Waals surface area contributed by atoms with Gasteiger partial charge in [-0.3, -0.25) is 14.5 Å². The Balaban J connectivity index is 2.21. The van der Waals surface area contributed by atoms with Crippen molar-refractivity contribution in [1.29, 1.82) is 0 Å². The van der Waals surface area contributed by atoms with Gasteiger partial charge >= 0.3 is 5.97 Å². The van der Waals surface area contributed by atoms with Gasteiger partial charge in [-0.15, -0.1) is 0 Å². The molecule has 0 saturated carbocycles. The van der Waals surface area contributed by atoms with Crippen LogP contribution in [0.2, 0.25) is 0 Å². The third-order valence-corrected chi connectivity index (χ3v) is 2.90. The summed E-state index contributed by atoms with van der Waals surface area (Å²) in [6.07, 6.45) is 0. The largest absolute Gasteiger partial charge is 0.481 e. The number of nitrogens with zero attached hydrogens (tertiary/aromatic N) is 1. The first-order chi connectivity index (χ1) is 7.40. The van der Waals surface area contributed by atoms with E-state index in [0.717, 1.165) is 0 Å². The number of rotatable bonds is 5. The van der Waals surface area contributed by atoms with Crippen molar-refractivity contribution in [2.24, 2.45) is 11.8 Å². The monoisotopic (exact) mass is 228 g/mol. The number of carbonyl (C=O) groups excluding carboxylic acids is 1. The SMILES string of the molecule is CC(C)NC(=O)CN1CC(C(C)C(=O)O)C1. The fourth-order valence-electron chi connectivity index (χ4n) is 1.83. The van der Waals surface area contributed by atoms with Crippen LogP contribution >= 0.6 is 0 Å². The minimum absolute atomic E-state index is 0.0106. The lowest BCUT2D eigenvalue weighted by molar-refractivity contribution is -0.145. The molecule has 0 aromatic heterocycles. The average molecular weight is 228 g/mol. The van der Waals surface area contributed by atoms with E-state index in [1.54, 1.807) is 6.92 Å². The van der Waals surface area contributed by atoms with Gasteiger partial charge in [-0.1, -0.05) is 6.92 Å². The molecule has 2 N–H and O–H groups in total. The summed E-state index contributed by atoms with van der Waals surface area (Å²) in [6, 6.07) is 0.155. The van der Waals surface area contributed by atoms with E-state index in [4.69, 9.17) is 5.11 Å². The molecule has 92 valence electrons. The van der Waals surface area contributed by atoms with E-state index in [0.29, 0.717) is 19.6 Å². The van der Waals surface area contributed by atoms with Crippen LogP contribution < -0.4 is 5.32 Å². The molecule has 5 nitrogen and oxygen atoms in total. The van der Waals surface area contributed by atoms with Crippen LogP contribution in [0, 0.1) is 11.8 Å². The minimum atomic E-state index is -0.753. The van der Waals surface area contributed by atoms with Crippen molar-refractivity contribution in [1.82, 2.24) is 10.2 Å². The second kappa shape index (κ2) is 5.30. The molecule has 1 rings (SSSR count). The highest BCUT2D eigenvalue weighted by Crippen LogP contribution is 2.23. The van der Waals surface area contributed by atoms with Crippen LogP contribution in [0.3, 0.4) is 0 Å². The summed E-state index contributed by atoms with van der Waals surface area (Å²) in [6.45, 7) is 7.35. The molecule has 1 amide bonds. The summed E-state index contributed by atoms with van der Waals surface area (Å²) < 4.78 is 0. The molecular formula is C11H20N2O3. The number of carboxylic acid groups (broad SMARTS) is 1. The lowest BCUT2D eigenvalue weighted by Gasteiger charge is -2.40. The number of carbonyl (C=O) groups is 2. The molecular weight excluding hydrogens is 208 g/mol. The summed E-state index contributed by atoms with van der Waals surface area (Å²) in [5.74, 6) is -0.874. The number of amides is 1. The number of hydrogen-bond donors (Lipinski definition) is 2. The number of aliphatic carboxylic acids is 1. The zero-order chi connectivity index (χ0) is 12.3. The lowest BCUT2D eigenvalue weighted by atomic mass is 9.87. The topological polar surface area (TPSA) is 69.6 Å². The van der Waals surface area contributed by atoms with Gasteiger partial charge in [-0.25, -0.2) is 0 Å². The molecule has 1 aliphatic heterocycles. The second-order valence-corrected chi connectivity index (χ2v) is 4.80. The highest BCUT2D eigenvalue weighted by Gasteiger charge is 2.35. The van der Waals surface area contributed by atoms with Crippen molar-refractivity contribution in [2.75, 3.05) is 19.6 Å². The van der Waals surface area contributed by atoms with Crippen LogP contribution in [0.15, 0.2) is 0 Å². The molecule has 0 aliphatic carbocycles. The number of hydrogen-bond acceptors (Lipinski definition) is 3. The zero-order valence-electron chi connectivity index (χ0n) is 10.1. The maximum atomic E-state index is 11.4. The molecule has 1 saturated heterocycles. The van der Waals surface area contributed by atoms with Crippen LogP contribution in [0.25, 0.3) is 0 Å². The van der Waals surface area contributed by atoms with Gasteiger partial charge in [-0.2, -0.15) is 0 Å². The summed E-state index contributed by atoms with van der Waals surface area (Å²) in [5.41, 5.74) is 0. The quantitative estimate of drug-likeness (QED) is 0.703. The Morgan fingerprint density at radius 1 is 1.38 bits per heavy atom. The minimum Gasteiger partial charge on any atom is -0.481 e. The summed E-state index contributed by atoms with van der Waals surface area (Å²) in [4.78, 5) is 24.1. The molecule has 1 atom stereocenters. The van der Waals surface area contributed by atoms with Crippen molar-refractivity contribution < 1.29 is 14.7 Å². The predicted molar refractivity (Wildman–Crippen MR) is 60.0 cm³/mol. The molecule has 1 heterocycles. The lowest BCUT2D eigenvalue weighted by Crippen LogP contribution is -2.54. The third-order valence-electron chi connectivity index (χ3n) is 2.90. The first-order valence-electron chi connectivity index (χ1n) is 5.64. The normalized spacial score (nSPS) is 19.2. The fraction of sp³-hybridized carbons (Fsp3) is 0.818. The molecule has 0 aromatic rings. The number of nitrogens with one attached hydrogen (secondary N) is 1. The third kappa shape index (κ3) is 3.48. The summed E-state index contributed by atoms with van der Waals surface area (Å²) in [7, 11) is 0. The number of likely N-dealkylation sites (tertiary alicyclic amines) is 1. The van der Waals surface area contributed by atoms with E-state index in [9.17, 15) is 9.59 Å². The van der Waals surface area contributed by atoms with Gasteiger partial charge in [0.15, 0.2) is 0 Å². The standard InChI is InChI=1S/C11H20N2O3/c1-7(2)12-10(14)6-13-4-9(5-13)8(3)11(15)16/h7-9H,4-6H2,1-3H3,(H,12,14)(H,15,16). The van der Waals surface area contributed by atoms with Gasteiger partial charge < -0.3 is 10.4 Å². The van der Waals surface area contributed by atoms with Gasteiger partial charge in [0.25, 0.3) is 0 Å². The van der Waals surface area contributed by atoms with Gasteiger partial charge in [0, 0.05) is 19.1 Å². The van der Waals surface area contributed by atoms with Gasteiger partial charge in [0.1, 0.15) is 0 Å². The smallest absolute Gasteiger partial charge is 0.306 e. The van der Waals surface area contributed by atoms with E-state index in [1.807, 2.05) is 18.7 Å². The van der Waals surface area contributed by atoms with Gasteiger partial charge in [0.05, 0.1) is 12.5 Å². The highest BCUT2D eigenvalue weighted by atomic mass is 16.4. The van der Waals surface area contributed by atoms with Crippen molar-refractivity contribution in [2.45, 2.75) is 26.8 Å². The molecule has 5 heteroatoms. The van der Waals surface area contributed by atoms with Crippen molar-refractivity contribution in [3.8, 4) is 0 Å². The maximum Gasteiger partial charge on any atom is 0.306 e. The fourth-order valence-corrected chi connectivity index (χ4v) is 1.83. The number of carboxylic acids is 1. The molecule has 16 heavy (non-hydrogen) atoms. The van der Waals surface area contributed by atoms with Gasteiger partial charge in [-0.05, 0) is 19.8 Å². The first kappa shape index (κ1) is 13.0. The zero-order valence-corrected chi connectivity index (χ0v) is 10.1. The first-order valence-corrected chi connectivity index (χ1v) is 5.64. The van der Waals surface area contributed by atoms with E-state index < -0.39 is 5.97 Å². The van der Waals surface area contributed by atoms with Crippen LogP contribution in [0.5, 0.6) is 0 Å². The Morgan fingerprint density at radius 3 is 2.38 bits per heavy atom. The van der Waals surface area contributed by atoms with Crippen LogP contribution in [-0.2, 0) is 9.59 Å². The van der Waals surface area contributed by atoms with Crippen LogP contribution in [0.1, 0.15) is 20.8 Å². The molecule has 1 unspecified atom stereocenters. The van der Waals surface area contributed by atoms with Crippen molar-refractivity contribution >= 4 is 11.9 Å². The molecule has 1 aliphatic rings. The van der Waals surface area contributed by atoms with Crippen molar-refractivity contribution in [3.05, 3.63) is 0 Å². The molecule has 0 spiro atoms. The molecule has 1 fully saturated rings. The molecule has 0 aromatic carbocycles. The van der Waals surface area contributed by atoms with E-state index in [2.05, 4.69) is 5.32 Å². The Labute approximate surface area is 95.8 Å². The van der Waals surface area contributed by atoms with E-state index in [-0.39, 0.29) is 23.8 Å². The second-order valence-electron chi connectivity index (χ2n) is 4.80. The van der Waals surface area contributed by atoms with Crippen LogP contribution in [-0.4, -0.2) is 47.6 Å². The summed E-state index contributed by atoms with van der Waals surface area (Å²) in [5, 5.41) is 11.6. The summed E-state index contributed by atoms with van der Waals surface area (Å²) >= 11 is 0. The Hall–Kier alpha value is -1.10. The Bertz CT molecular complexity index is 272. The highest BCUT2D eigenvalue weighted by molar-refractivity contribution is 5.78. The van der Waals surface area contributed by atoms with Crippen molar-refractivity contribution in [3.63, 3.8) is 0 Å². The molecule has 0 bridgehead atoms. The Kier molecular flexibility index (Phi) is 4.29. The van der Waals surface area contributed by atoms with E-state index in [1.165, 1.54) is 0 Å². The predicted octanol–water partition coefficient (Wildman–Crippen LogP) is 0.164.